The minimum Gasteiger partial charge on any atom is -0.379 e. The summed E-state index contributed by atoms with van der Waals surface area (Å²) in [5.41, 5.74) is 6.52. The van der Waals surface area contributed by atoms with Crippen LogP contribution in [0.3, 0.4) is 0 Å². The van der Waals surface area contributed by atoms with Crippen LogP contribution in [0.5, 0.6) is 0 Å². The monoisotopic (exact) mass is 265 g/mol. The Morgan fingerprint density at radius 2 is 2.33 bits per heavy atom. The quantitative estimate of drug-likeness (QED) is 0.839. The van der Waals surface area contributed by atoms with E-state index < -0.39 is 5.92 Å². The number of nitrogens with zero attached hydrogens (tertiary/aromatic N) is 1. The molecule has 1 aromatic carbocycles. The summed E-state index contributed by atoms with van der Waals surface area (Å²) in [6, 6.07) is 6.38. The molecule has 1 saturated heterocycles. The topological polar surface area (TPSA) is 88.1 Å². The first kappa shape index (κ1) is 12.8. The number of hydrogen-bond acceptors (Lipinski definition) is 4. The summed E-state index contributed by atoms with van der Waals surface area (Å²) in [5, 5.41) is 12.1. The lowest BCUT2D eigenvalue weighted by molar-refractivity contribution is -0.120. The highest BCUT2D eigenvalue weighted by atomic mass is 35.5. The second-order valence-electron chi connectivity index (χ2n) is 4.10. The average molecular weight is 266 g/mol. The van der Waals surface area contributed by atoms with Crippen molar-refractivity contribution in [3.05, 3.63) is 28.8 Å². The standard InChI is InChI=1S/C12H12ClN3O2/c13-8-2-1-7(4-14)11(3-8)16-12(17)9-5-18-6-10(9)15/h1-3,9-10H,5-6,15H2,(H,16,17). The van der Waals surface area contributed by atoms with Crippen LogP contribution in [-0.2, 0) is 9.53 Å². The summed E-state index contributed by atoms with van der Waals surface area (Å²) >= 11 is 5.84. The Morgan fingerprint density at radius 3 is 2.94 bits per heavy atom. The van der Waals surface area contributed by atoms with Gasteiger partial charge in [-0.15, -0.1) is 0 Å². The Kier molecular flexibility index (Phi) is 3.82. The van der Waals surface area contributed by atoms with Crippen molar-refractivity contribution in [1.82, 2.24) is 0 Å². The van der Waals surface area contributed by atoms with Gasteiger partial charge in [-0.05, 0) is 18.2 Å². The van der Waals surface area contributed by atoms with Crippen molar-refractivity contribution in [2.24, 2.45) is 11.7 Å². The highest BCUT2D eigenvalue weighted by Crippen LogP contribution is 2.22. The van der Waals surface area contributed by atoms with Gasteiger partial charge in [0, 0.05) is 11.1 Å². The summed E-state index contributed by atoms with van der Waals surface area (Å²) in [5.74, 6) is -0.644. The fraction of sp³-hybridized carbons (Fsp3) is 0.333. The maximum Gasteiger partial charge on any atom is 0.231 e. The van der Waals surface area contributed by atoms with Crippen LogP contribution in [0.2, 0.25) is 5.02 Å². The third-order valence-electron chi connectivity index (χ3n) is 2.82. The molecule has 0 spiro atoms. The Bertz CT molecular complexity index is 513. The SMILES string of the molecule is N#Cc1ccc(Cl)cc1NC(=O)C1COCC1N. The van der Waals surface area contributed by atoms with Crippen LogP contribution in [0.1, 0.15) is 5.56 Å². The maximum absolute atomic E-state index is 12.0. The maximum atomic E-state index is 12.0. The van der Waals surface area contributed by atoms with Crippen molar-refractivity contribution >= 4 is 23.2 Å². The molecule has 1 aromatic rings. The third-order valence-corrected chi connectivity index (χ3v) is 3.06. The minimum atomic E-state index is -0.393. The van der Waals surface area contributed by atoms with Gasteiger partial charge in [-0.2, -0.15) is 5.26 Å². The number of carbonyl (C=O) groups is 1. The van der Waals surface area contributed by atoms with E-state index in [1.807, 2.05) is 6.07 Å². The van der Waals surface area contributed by atoms with Gasteiger partial charge in [-0.3, -0.25) is 4.79 Å². The van der Waals surface area contributed by atoms with Crippen LogP contribution >= 0.6 is 11.6 Å². The average Bonchev–Trinajstić information content (AvgIpc) is 2.76. The summed E-state index contributed by atoms with van der Waals surface area (Å²) in [6.07, 6.45) is 0. The molecule has 1 fully saturated rings. The molecule has 2 rings (SSSR count). The zero-order valence-electron chi connectivity index (χ0n) is 9.52. The Labute approximate surface area is 109 Å². The number of nitrogens with two attached hydrogens (primary N) is 1. The van der Waals surface area contributed by atoms with E-state index in [-0.39, 0.29) is 11.9 Å². The molecule has 5 nitrogen and oxygen atoms in total. The van der Waals surface area contributed by atoms with Crippen molar-refractivity contribution in [2.45, 2.75) is 6.04 Å². The van der Waals surface area contributed by atoms with Gasteiger partial charge in [-0.25, -0.2) is 0 Å². The second kappa shape index (κ2) is 5.36. The number of rotatable bonds is 2. The van der Waals surface area contributed by atoms with Crippen LogP contribution in [0, 0.1) is 17.2 Å². The van der Waals surface area contributed by atoms with Crippen LogP contribution in [0.25, 0.3) is 0 Å². The second-order valence-corrected chi connectivity index (χ2v) is 4.54. The molecule has 3 N–H and O–H groups in total. The number of nitrogens with one attached hydrogen (secondary N) is 1. The summed E-state index contributed by atoms with van der Waals surface area (Å²) < 4.78 is 5.13. The van der Waals surface area contributed by atoms with Crippen LogP contribution < -0.4 is 11.1 Å². The van der Waals surface area contributed by atoms with Gasteiger partial charge >= 0.3 is 0 Å². The van der Waals surface area contributed by atoms with Crippen LogP contribution in [0.4, 0.5) is 5.69 Å². The lowest BCUT2D eigenvalue weighted by atomic mass is 10.0. The first-order valence-electron chi connectivity index (χ1n) is 5.45. The highest BCUT2D eigenvalue weighted by Gasteiger charge is 2.31. The molecule has 1 heterocycles. The number of halogens is 1. The van der Waals surface area contributed by atoms with E-state index in [0.29, 0.717) is 29.5 Å². The minimum absolute atomic E-state index is 0.251. The molecule has 94 valence electrons. The molecule has 1 amide bonds. The van der Waals surface area contributed by atoms with Gasteiger partial charge < -0.3 is 15.8 Å². The van der Waals surface area contributed by atoms with Crippen molar-refractivity contribution in [1.29, 1.82) is 5.26 Å². The molecule has 18 heavy (non-hydrogen) atoms. The molecular weight excluding hydrogens is 254 g/mol. The van der Waals surface area contributed by atoms with Crippen LogP contribution in [0.15, 0.2) is 18.2 Å². The number of carbonyl (C=O) groups excluding carboxylic acids is 1. The molecule has 0 aliphatic carbocycles. The van der Waals surface area contributed by atoms with E-state index >= 15 is 0 Å². The van der Waals surface area contributed by atoms with Gasteiger partial charge in [0.1, 0.15) is 6.07 Å². The van der Waals surface area contributed by atoms with Crippen molar-refractivity contribution < 1.29 is 9.53 Å². The van der Waals surface area contributed by atoms with E-state index in [1.165, 1.54) is 0 Å². The first-order valence-corrected chi connectivity index (χ1v) is 5.83. The third kappa shape index (κ3) is 2.62. The molecule has 0 aromatic heterocycles. The molecule has 0 bridgehead atoms. The van der Waals surface area contributed by atoms with Crippen molar-refractivity contribution in [3.8, 4) is 6.07 Å². The number of anilines is 1. The summed E-state index contributed by atoms with van der Waals surface area (Å²) in [7, 11) is 0. The number of amides is 1. The Balaban J connectivity index is 2.16. The largest absolute Gasteiger partial charge is 0.379 e. The van der Waals surface area contributed by atoms with Crippen molar-refractivity contribution in [3.63, 3.8) is 0 Å². The smallest absolute Gasteiger partial charge is 0.231 e. The number of nitriles is 1. The number of benzene rings is 1. The predicted molar refractivity (Wildman–Crippen MR) is 67.1 cm³/mol. The van der Waals surface area contributed by atoms with E-state index in [1.54, 1.807) is 18.2 Å². The molecule has 2 atom stereocenters. The molecule has 1 aliphatic rings. The van der Waals surface area contributed by atoms with Gasteiger partial charge in [0.15, 0.2) is 0 Å². The van der Waals surface area contributed by atoms with Crippen LogP contribution in [-0.4, -0.2) is 25.2 Å². The molecule has 2 unspecified atom stereocenters. The molecule has 0 saturated carbocycles. The summed E-state index contributed by atoms with van der Waals surface area (Å²) in [4.78, 5) is 12.0. The van der Waals surface area contributed by atoms with E-state index in [9.17, 15) is 4.79 Å². The zero-order chi connectivity index (χ0) is 13.1. The van der Waals surface area contributed by atoms with E-state index in [4.69, 9.17) is 27.3 Å². The van der Waals surface area contributed by atoms with E-state index in [2.05, 4.69) is 5.32 Å². The number of hydrogen-bond donors (Lipinski definition) is 2. The first-order chi connectivity index (χ1) is 8.61. The Hall–Kier alpha value is -1.61. The fourth-order valence-electron chi connectivity index (χ4n) is 1.78. The number of ether oxygens (including phenoxy) is 1. The van der Waals surface area contributed by atoms with Crippen molar-refractivity contribution in [2.75, 3.05) is 18.5 Å². The van der Waals surface area contributed by atoms with Gasteiger partial charge in [0.2, 0.25) is 5.91 Å². The molecule has 1 aliphatic heterocycles. The van der Waals surface area contributed by atoms with E-state index in [0.717, 1.165) is 0 Å². The van der Waals surface area contributed by atoms with Gasteiger partial charge in [0.25, 0.3) is 0 Å². The summed E-state index contributed by atoms with van der Waals surface area (Å²) in [6.45, 7) is 0.675. The fourth-order valence-corrected chi connectivity index (χ4v) is 1.96. The van der Waals surface area contributed by atoms with Gasteiger partial charge in [-0.1, -0.05) is 11.6 Å². The normalized spacial score (nSPS) is 22.5. The highest BCUT2D eigenvalue weighted by molar-refractivity contribution is 6.31. The zero-order valence-corrected chi connectivity index (χ0v) is 10.3. The molecule has 0 radical (unpaired) electrons. The van der Waals surface area contributed by atoms with Gasteiger partial charge in [0.05, 0.1) is 30.4 Å². The lowest BCUT2D eigenvalue weighted by Crippen LogP contribution is -2.37. The predicted octanol–water partition coefficient (Wildman–Crippen LogP) is 1.12. The Morgan fingerprint density at radius 1 is 1.56 bits per heavy atom. The molecular formula is C12H12ClN3O2. The lowest BCUT2D eigenvalue weighted by Gasteiger charge is -2.14. The molecule has 6 heteroatoms.